The molecule has 0 aliphatic heterocycles. The predicted octanol–water partition coefficient (Wildman–Crippen LogP) is -20.1. The molecule has 0 saturated heterocycles. The normalized spacial score (nSPS) is 12.1. The minimum absolute atomic E-state index is 0.00158. The fourth-order valence-corrected chi connectivity index (χ4v) is 11.8. The van der Waals surface area contributed by atoms with Gasteiger partial charge in [-0.3, -0.25) is 0 Å². The van der Waals surface area contributed by atoms with Crippen LogP contribution in [0.25, 0.3) is 109 Å². The lowest BCUT2D eigenvalue weighted by Gasteiger charge is -2.34. The van der Waals surface area contributed by atoms with Crippen LogP contribution in [0, 0.1) is 0 Å². The molecule has 0 bridgehead atoms. The van der Waals surface area contributed by atoms with Crippen molar-refractivity contribution in [2.75, 3.05) is 0 Å². The van der Waals surface area contributed by atoms with E-state index in [1.165, 1.54) is 0 Å². The van der Waals surface area contributed by atoms with E-state index in [0.29, 0.717) is 5.39 Å². The van der Waals surface area contributed by atoms with Gasteiger partial charge in [0.2, 0.25) is 0 Å². The lowest BCUT2D eigenvalue weighted by Crippen LogP contribution is -2.51. The molecule has 0 aromatic heterocycles. The Hall–Kier alpha value is -4.42. The van der Waals surface area contributed by atoms with Gasteiger partial charge in [-0.15, -0.1) is 21.9 Å². The summed E-state index contributed by atoms with van der Waals surface area (Å²) in [6.07, 6.45) is 0. The molecule has 0 atom stereocenters. The monoisotopic (exact) mass is 884 g/mol. The maximum absolute atomic E-state index is 7.48. The second-order valence-electron chi connectivity index (χ2n) is 19.1. The Labute approximate surface area is 478 Å². The molecule has 0 nitrogen and oxygen atoms in total. The van der Waals surface area contributed by atoms with Crippen molar-refractivity contribution in [3.05, 3.63) is 0 Å². The molecule has 0 unspecified atom stereocenters. The van der Waals surface area contributed by atoms with Gasteiger partial charge in [0.15, 0.2) is 0 Å². The zero-order valence-electron chi connectivity index (χ0n) is 40.2. The first-order valence-electron chi connectivity index (χ1n) is 22.6. The largest absolute Gasteiger partial charge is 0.115 e. The molecule has 0 amide bonds. The van der Waals surface area contributed by atoms with Crippen LogP contribution in [0.2, 0.25) is 0 Å². The smallest absolute Gasteiger partial charge is 0.110 e. The van der Waals surface area contributed by atoms with Gasteiger partial charge in [-0.2, -0.15) is 0 Å². The van der Waals surface area contributed by atoms with E-state index in [9.17, 15) is 0 Å². The second kappa shape index (κ2) is 17.5. The Morgan fingerprint density at radius 2 is 0.211 bits per heavy atom. The Bertz CT molecular complexity index is 4580. The van der Waals surface area contributed by atoms with E-state index in [1.54, 1.807) is 0 Å². The van der Waals surface area contributed by atoms with Crippen molar-refractivity contribution in [3.63, 3.8) is 0 Å². The van der Waals surface area contributed by atoms with Crippen LogP contribution < -0.4 is 153 Å². The van der Waals surface area contributed by atoms with Crippen LogP contribution in [0.1, 0.15) is 0 Å². The van der Waals surface area contributed by atoms with E-state index in [2.05, 4.69) is 0 Å². The molecular weight excluding hydrogens is 879 g/mol. The third kappa shape index (κ3) is 6.32. The highest BCUT2D eigenvalue weighted by Gasteiger charge is 2.31. The van der Waals surface area contributed by atoms with Gasteiger partial charge in [0, 0.05) is 0 Å². The molecule has 11 aromatic rings. The molecule has 76 heavy (non-hydrogen) atoms. The first-order valence-corrected chi connectivity index (χ1v) is 22.6. The summed E-state index contributed by atoms with van der Waals surface area (Å²) in [6.45, 7) is 0. The lowest BCUT2D eigenvalue weighted by atomic mass is 9.55. The zero-order valence-corrected chi connectivity index (χ0v) is 40.2. The summed E-state index contributed by atoms with van der Waals surface area (Å²) in [6, 6.07) is 0. The van der Waals surface area contributed by atoms with Gasteiger partial charge in [0.25, 0.3) is 0 Å². The molecule has 0 aliphatic rings. The molecule has 0 saturated carbocycles. The van der Waals surface area contributed by atoms with Crippen molar-refractivity contribution >= 4 is 448 Å². The third-order valence-corrected chi connectivity index (χ3v) is 15.6. The van der Waals surface area contributed by atoms with Crippen molar-refractivity contribution in [2.24, 2.45) is 0 Å². The van der Waals surface area contributed by atoms with E-state index in [0.717, 1.165) is 0 Å². The van der Waals surface area contributed by atoms with E-state index < -0.39 is 0 Å². The first kappa shape index (κ1) is 53.6. The van der Waals surface area contributed by atoms with Crippen molar-refractivity contribution in [1.29, 1.82) is 0 Å². The van der Waals surface area contributed by atoms with E-state index >= 15 is 0 Å². The summed E-state index contributed by atoms with van der Waals surface area (Å²) in [5.74, 6) is 0. The van der Waals surface area contributed by atoms with Gasteiger partial charge in [-0.05, 0) is 109 Å². The molecule has 0 N–H and O–H groups in total. The van der Waals surface area contributed by atoms with Crippen LogP contribution in [0.15, 0.2) is 0 Å². The summed E-state index contributed by atoms with van der Waals surface area (Å²) in [7, 11) is 192. The number of fused-ring (bicyclic) bond motifs is 1. The Morgan fingerprint density at radius 1 is 0.0789 bits per heavy atom. The maximum Gasteiger partial charge on any atom is 0.115 e. The quantitative estimate of drug-likeness (QED) is 0.123. The molecule has 28 heteroatoms. The van der Waals surface area contributed by atoms with Gasteiger partial charge in [-0.25, -0.2) is 0 Å². The molecule has 0 fully saturated rings. The summed E-state index contributed by atoms with van der Waals surface area (Å²) in [5, 5.41) is 2.61. The second-order valence-corrected chi connectivity index (χ2v) is 19.1. The van der Waals surface area contributed by atoms with Gasteiger partial charge < -0.3 is 0 Å². The molecule has 0 spiro atoms. The topological polar surface area (TPSA) is 0 Å². The van der Waals surface area contributed by atoms with Crippen molar-refractivity contribution in [2.45, 2.75) is 0 Å². The van der Waals surface area contributed by atoms with Crippen LogP contribution in [0.3, 0.4) is 0 Å². The van der Waals surface area contributed by atoms with E-state index in [4.69, 9.17) is 220 Å². The summed E-state index contributed by atoms with van der Waals surface area (Å²) in [5.41, 5.74) is -3.11. The molecule has 0 aliphatic carbocycles. The Kier molecular flexibility index (Phi) is 12.4. The van der Waals surface area contributed by atoms with Crippen LogP contribution in [-0.4, -0.2) is 220 Å². The van der Waals surface area contributed by atoms with Crippen molar-refractivity contribution < 1.29 is 0 Å². The number of rotatable bonds is 3. The van der Waals surface area contributed by atoms with Crippen LogP contribution in [0.5, 0.6) is 0 Å². The average molecular weight is 879 g/mol. The molecule has 11 aromatic carbocycles. The standard InChI is InChI=1S/C48B28/c49-21-7(8-5-1-3-13(30(58)23(5)51)40(68)45(73)42(70)15(3)34(62)32(60)11(1)28(56)25(8)53)10-17(44(72)48(76)47(75)27(10)55)22(50)19(21)20-38(66)36(64)18(37(65)39(20)67)9-6-2-4-14(31(59)24(6)52)41(69)46(74)43(71)16(4)35(63)33(61)12(2)29(57)26(9)54. The van der Waals surface area contributed by atoms with Crippen LogP contribution in [0.4, 0.5) is 0 Å². The maximum atomic E-state index is 7.48. The minimum Gasteiger partial charge on any atom is -0.110 e. The number of hydrogen-bond donors (Lipinski definition) is 0. The highest BCUT2D eigenvalue weighted by atomic mass is 14.3. The van der Waals surface area contributed by atoms with Gasteiger partial charge in [0.1, 0.15) is 220 Å². The number of benzene rings is 11. The highest BCUT2D eigenvalue weighted by molar-refractivity contribution is 6.79. The van der Waals surface area contributed by atoms with Gasteiger partial charge in [-0.1, -0.05) is 131 Å². The van der Waals surface area contributed by atoms with Gasteiger partial charge >= 0.3 is 0 Å². The number of hydrogen-bond acceptors (Lipinski definition) is 0. The molecule has 0 heterocycles. The third-order valence-electron chi connectivity index (χ3n) is 15.6. The van der Waals surface area contributed by atoms with Crippen molar-refractivity contribution in [1.82, 2.24) is 0 Å². The van der Waals surface area contributed by atoms with Crippen molar-refractivity contribution in [3.8, 4) is 33.4 Å². The van der Waals surface area contributed by atoms with Crippen LogP contribution in [-0.2, 0) is 0 Å². The summed E-state index contributed by atoms with van der Waals surface area (Å²) in [4.78, 5) is 0. The minimum atomic E-state index is -0.265. The Morgan fingerprint density at radius 3 is 0.513 bits per heavy atom. The Balaban J connectivity index is 1.34. The molecule has 276 valence electrons. The molecule has 56 radical (unpaired) electrons. The van der Waals surface area contributed by atoms with E-state index in [-0.39, 0.29) is 256 Å². The molecule has 11 rings (SSSR count). The SMILES string of the molecule is [B]c1c([B])c(-c2c([B])c([B])c3c([B])c([B])c4c([B])c([B])c([B])c5c([B])c([B])c2c3c45)c([B])c([B])c1-c1c([B])c(-c2c([B])c([B])c3c([B])c([B])c4c([B])c([B])c([B])c5c([B])c([B])c2c3c45)c2c([B])c([B])c([B])c([B])c2c1[B]. The highest BCUT2D eigenvalue weighted by Crippen LogP contribution is 2.37. The van der Waals surface area contributed by atoms with Gasteiger partial charge in [0.05, 0.1) is 0 Å². The van der Waals surface area contributed by atoms with Crippen LogP contribution >= 0.6 is 0 Å². The molecular formula is C48B28. The predicted molar refractivity (Wildman–Crippen MR) is 359 cm³/mol. The van der Waals surface area contributed by atoms with E-state index in [1.807, 2.05) is 0 Å². The first-order chi connectivity index (χ1) is 35.5. The average Bonchev–Trinajstić information content (AvgIpc) is 3.37. The fraction of sp³-hybridized carbons (Fsp3) is 0. The summed E-state index contributed by atoms with van der Waals surface area (Å²) < 4.78 is 0. The summed E-state index contributed by atoms with van der Waals surface area (Å²) >= 11 is 0. The fourth-order valence-electron chi connectivity index (χ4n) is 11.8. The lowest BCUT2D eigenvalue weighted by molar-refractivity contribution is 1.82. The zero-order chi connectivity index (χ0) is 55.7.